The van der Waals surface area contributed by atoms with Crippen molar-refractivity contribution in [2.24, 2.45) is 0 Å². The molecule has 1 aromatic heterocycles. The summed E-state index contributed by atoms with van der Waals surface area (Å²) in [4.78, 5) is 6.42. The quantitative estimate of drug-likeness (QED) is 0.720. The molecule has 2 aromatic carbocycles. The lowest BCUT2D eigenvalue weighted by molar-refractivity contribution is 0.174. The number of nitrogens with zero attached hydrogens (tertiary/aromatic N) is 3. The van der Waals surface area contributed by atoms with E-state index in [-0.39, 0.29) is 6.79 Å². The molecule has 3 aromatic rings. The summed E-state index contributed by atoms with van der Waals surface area (Å²) in [6, 6.07) is 13.8. The number of fused-ring (bicyclic) bond motifs is 2. The maximum Gasteiger partial charge on any atom is 0.231 e. The Balaban J connectivity index is 1.75. The predicted molar refractivity (Wildman–Crippen MR) is 97.7 cm³/mol. The molecule has 1 aliphatic rings. The number of ether oxygens (including phenoxy) is 3. The third-order valence-electron chi connectivity index (χ3n) is 4.41. The lowest BCUT2D eigenvalue weighted by Crippen LogP contribution is -2.18. The van der Waals surface area contributed by atoms with Crippen molar-refractivity contribution < 1.29 is 14.2 Å². The van der Waals surface area contributed by atoms with Crippen LogP contribution in [0.4, 0.5) is 5.69 Å². The van der Waals surface area contributed by atoms with E-state index in [0.717, 1.165) is 39.4 Å². The number of nitriles is 1. The number of methoxy groups -OCH3 is 1. The second-order valence-electron chi connectivity index (χ2n) is 6.06. The number of anilines is 1. The Morgan fingerprint density at radius 3 is 2.85 bits per heavy atom. The van der Waals surface area contributed by atoms with E-state index < -0.39 is 0 Å². The zero-order chi connectivity index (χ0) is 18.1. The highest BCUT2D eigenvalue weighted by atomic mass is 16.7. The highest BCUT2D eigenvalue weighted by Crippen LogP contribution is 2.35. The van der Waals surface area contributed by atoms with E-state index in [1.807, 2.05) is 48.3 Å². The first-order valence-corrected chi connectivity index (χ1v) is 8.16. The summed E-state index contributed by atoms with van der Waals surface area (Å²) < 4.78 is 16.2. The normalized spacial score (nSPS) is 12.0. The summed E-state index contributed by atoms with van der Waals surface area (Å²) in [5.41, 5.74) is 3.23. The summed E-state index contributed by atoms with van der Waals surface area (Å²) in [5.74, 6) is 2.23. The third kappa shape index (κ3) is 2.74. The Morgan fingerprint density at radius 2 is 2.04 bits per heavy atom. The van der Waals surface area contributed by atoms with Crippen LogP contribution < -0.4 is 19.1 Å². The van der Waals surface area contributed by atoms with Crippen LogP contribution in [-0.2, 0) is 6.54 Å². The number of aromatic nitrogens is 1. The molecule has 26 heavy (non-hydrogen) atoms. The Bertz CT molecular complexity index is 1030. The summed E-state index contributed by atoms with van der Waals surface area (Å²) in [6.07, 6.45) is 1.61. The van der Waals surface area contributed by atoms with Crippen LogP contribution in [0.3, 0.4) is 0 Å². The zero-order valence-electron chi connectivity index (χ0n) is 14.5. The molecule has 130 valence electrons. The topological polar surface area (TPSA) is 67.6 Å². The van der Waals surface area contributed by atoms with Crippen LogP contribution in [-0.4, -0.2) is 25.9 Å². The molecule has 0 N–H and O–H groups in total. The number of rotatable bonds is 4. The van der Waals surface area contributed by atoms with Crippen molar-refractivity contribution in [3.63, 3.8) is 0 Å². The molecule has 0 saturated heterocycles. The number of benzene rings is 2. The minimum absolute atomic E-state index is 0.252. The zero-order valence-corrected chi connectivity index (χ0v) is 14.5. The fourth-order valence-corrected chi connectivity index (χ4v) is 3.17. The van der Waals surface area contributed by atoms with Crippen LogP contribution in [0.25, 0.3) is 10.9 Å². The molecule has 0 amide bonds. The molecule has 2 heterocycles. The highest BCUT2D eigenvalue weighted by molar-refractivity contribution is 5.95. The van der Waals surface area contributed by atoms with Crippen LogP contribution in [0, 0.1) is 11.3 Å². The van der Waals surface area contributed by atoms with Crippen LogP contribution in [0.15, 0.2) is 42.6 Å². The van der Waals surface area contributed by atoms with Gasteiger partial charge in [0, 0.05) is 25.2 Å². The van der Waals surface area contributed by atoms with E-state index in [0.29, 0.717) is 12.1 Å². The molecule has 0 spiro atoms. The first-order chi connectivity index (χ1) is 12.7. The molecule has 4 rings (SSSR count). The van der Waals surface area contributed by atoms with E-state index in [4.69, 9.17) is 14.2 Å². The van der Waals surface area contributed by atoms with Crippen LogP contribution in [0.2, 0.25) is 0 Å². The number of hydrogen-bond acceptors (Lipinski definition) is 6. The van der Waals surface area contributed by atoms with Gasteiger partial charge in [-0.05, 0) is 35.9 Å². The number of pyridine rings is 1. The Hall–Kier alpha value is -3.46. The van der Waals surface area contributed by atoms with E-state index in [1.54, 1.807) is 13.3 Å². The molecular formula is C20H17N3O3. The minimum atomic E-state index is 0.252. The first-order valence-electron chi connectivity index (χ1n) is 8.16. The Labute approximate surface area is 151 Å². The van der Waals surface area contributed by atoms with Crippen molar-refractivity contribution in [3.05, 3.63) is 53.7 Å². The van der Waals surface area contributed by atoms with Gasteiger partial charge in [-0.25, -0.2) is 0 Å². The largest absolute Gasteiger partial charge is 0.497 e. The second kappa shape index (κ2) is 6.45. The lowest BCUT2D eigenvalue weighted by Gasteiger charge is -2.22. The van der Waals surface area contributed by atoms with Gasteiger partial charge in [0.2, 0.25) is 6.79 Å². The standard InChI is InChI=1S/C20H17N3O3/c1-23(11-13-3-6-18-19(7-13)26-12-25-18)20-14(9-21)10-22-17-5-4-15(24-2)8-16(17)20/h3-8,10H,11-12H2,1-2H3. The van der Waals surface area contributed by atoms with E-state index >= 15 is 0 Å². The number of hydrogen-bond donors (Lipinski definition) is 0. The average molecular weight is 347 g/mol. The average Bonchev–Trinajstić information content (AvgIpc) is 3.14. The molecule has 0 fully saturated rings. The van der Waals surface area contributed by atoms with Crippen LogP contribution >= 0.6 is 0 Å². The fourth-order valence-electron chi connectivity index (χ4n) is 3.17. The maximum atomic E-state index is 9.56. The van der Waals surface area contributed by atoms with Gasteiger partial charge < -0.3 is 19.1 Å². The molecule has 0 saturated carbocycles. The lowest BCUT2D eigenvalue weighted by atomic mass is 10.1. The van der Waals surface area contributed by atoms with Crippen molar-refractivity contribution in [2.45, 2.75) is 6.54 Å². The smallest absolute Gasteiger partial charge is 0.231 e. The van der Waals surface area contributed by atoms with Gasteiger partial charge in [-0.15, -0.1) is 0 Å². The van der Waals surface area contributed by atoms with Crippen molar-refractivity contribution in [3.8, 4) is 23.3 Å². The van der Waals surface area contributed by atoms with Crippen LogP contribution in [0.1, 0.15) is 11.1 Å². The molecule has 0 aliphatic carbocycles. The van der Waals surface area contributed by atoms with Gasteiger partial charge in [0.15, 0.2) is 11.5 Å². The van der Waals surface area contributed by atoms with Gasteiger partial charge in [0.05, 0.1) is 23.9 Å². The maximum absolute atomic E-state index is 9.56. The van der Waals surface area contributed by atoms with Gasteiger partial charge >= 0.3 is 0 Å². The molecule has 0 atom stereocenters. The molecule has 0 unspecified atom stereocenters. The second-order valence-corrected chi connectivity index (χ2v) is 6.06. The Morgan fingerprint density at radius 1 is 1.19 bits per heavy atom. The van der Waals surface area contributed by atoms with Gasteiger partial charge in [0.25, 0.3) is 0 Å². The van der Waals surface area contributed by atoms with E-state index in [2.05, 4.69) is 11.1 Å². The van der Waals surface area contributed by atoms with Gasteiger partial charge in [-0.1, -0.05) is 6.07 Å². The van der Waals surface area contributed by atoms with Crippen molar-refractivity contribution in [2.75, 3.05) is 25.9 Å². The summed E-state index contributed by atoms with van der Waals surface area (Å²) in [5, 5.41) is 10.4. The van der Waals surface area contributed by atoms with Gasteiger partial charge in [-0.3, -0.25) is 4.98 Å². The molecule has 6 heteroatoms. The third-order valence-corrected chi connectivity index (χ3v) is 4.41. The monoisotopic (exact) mass is 347 g/mol. The Kier molecular flexibility index (Phi) is 3.98. The van der Waals surface area contributed by atoms with Crippen LogP contribution in [0.5, 0.6) is 17.2 Å². The first kappa shape index (κ1) is 16.0. The minimum Gasteiger partial charge on any atom is -0.497 e. The summed E-state index contributed by atoms with van der Waals surface area (Å²) >= 11 is 0. The molecule has 1 aliphatic heterocycles. The SMILES string of the molecule is COc1ccc2ncc(C#N)c(N(C)Cc3ccc4c(c3)OCO4)c2c1. The molecule has 0 bridgehead atoms. The van der Waals surface area contributed by atoms with Crippen molar-refractivity contribution >= 4 is 16.6 Å². The van der Waals surface area contributed by atoms with E-state index in [1.165, 1.54) is 0 Å². The van der Waals surface area contributed by atoms with Gasteiger partial charge in [-0.2, -0.15) is 5.26 Å². The predicted octanol–water partition coefficient (Wildman–Crippen LogP) is 3.48. The van der Waals surface area contributed by atoms with E-state index in [9.17, 15) is 5.26 Å². The van der Waals surface area contributed by atoms with Gasteiger partial charge in [0.1, 0.15) is 11.8 Å². The fraction of sp³-hybridized carbons (Fsp3) is 0.200. The highest BCUT2D eigenvalue weighted by Gasteiger charge is 2.17. The summed E-state index contributed by atoms with van der Waals surface area (Å²) in [6.45, 7) is 0.865. The molecule has 6 nitrogen and oxygen atoms in total. The summed E-state index contributed by atoms with van der Waals surface area (Å²) in [7, 11) is 3.58. The van der Waals surface area contributed by atoms with Crippen molar-refractivity contribution in [1.29, 1.82) is 5.26 Å². The van der Waals surface area contributed by atoms with Crippen molar-refractivity contribution in [1.82, 2.24) is 4.98 Å². The molecule has 0 radical (unpaired) electrons. The molecular weight excluding hydrogens is 330 g/mol.